The predicted octanol–water partition coefficient (Wildman–Crippen LogP) is 0.228. The molecule has 3 aliphatic heterocycles. The highest BCUT2D eigenvalue weighted by Crippen LogP contribution is 2.30. The van der Waals surface area contributed by atoms with Crippen LogP contribution in [0.4, 0.5) is 0 Å². The summed E-state index contributed by atoms with van der Waals surface area (Å²) in [5, 5.41) is 11.9. The van der Waals surface area contributed by atoms with Crippen LogP contribution in [0.15, 0.2) is 4.60 Å². The number of hydrogen-bond acceptors (Lipinski definition) is 5. The number of fused-ring (bicyclic) bond motifs is 3. The summed E-state index contributed by atoms with van der Waals surface area (Å²) in [6.07, 6.45) is 0. The largest absolute Gasteiger partial charge is 0.307 e. The van der Waals surface area contributed by atoms with Gasteiger partial charge in [-0.3, -0.25) is 9.80 Å². The third-order valence-electron chi connectivity index (χ3n) is 4.25. The smallest absolute Gasteiger partial charge is 0.153 e. The number of hydrogen-bond donors (Lipinski definition) is 1. The van der Waals surface area contributed by atoms with Gasteiger partial charge in [0, 0.05) is 45.8 Å². The Bertz CT molecular complexity index is 420. The molecule has 0 spiro atoms. The highest BCUT2D eigenvalue weighted by Gasteiger charge is 2.39. The van der Waals surface area contributed by atoms with Crippen LogP contribution in [0.25, 0.3) is 0 Å². The number of nitrogens with one attached hydrogen (secondary N) is 1. The standard InChI is InChI=1S/C12H21BrN6/c1-3-14-10(11-12(13)15-16-17(11)2)9-8-18-4-6-19(9)7-5-18/h9-10,14H,3-8H2,1-2H3. The highest BCUT2D eigenvalue weighted by molar-refractivity contribution is 9.10. The van der Waals surface area contributed by atoms with Crippen molar-refractivity contribution in [3.8, 4) is 0 Å². The Hall–Kier alpha value is -0.500. The number of piperazine rings is 3. The zero-order valence-corrected chi connectivity index (χ0v) is 13.1. The van der Waals surface area contributed by atoms with Gasteiger partial charge in [0.25, 0.3) is 0 Å². The van der Waals surface area contributed by atoms with Gasteiger partial charge in [-0.2, -0.15) is 0 Å². The van der Waals surface area contributed by atoms with Gasteiger partial charge in [0.15, 0.2) is 4.60 Å². The summed E-state index contributed by atoms with van der Waals surface area (Å²) in [4.78, 5) is 5.17. The summed E-state index contributed by atoms with van der Waals surface area (Å²) >= 11 is 3.54. The second-order valence-electron chi connectivity index (χ2n) is 5.33. The maximum atomic E-state index is 4.13. The Morgan fingerprint density at radius 1 is 1.37 bits per heavy atom. The van der Waals surface area contributed by atoms with Crippen LogP contribution in [0.2, 0.25) is 0 Å². The van der Waals surface area contributed by atoms with Crippen molar-refractivity contribution < 1.29 is 0 Å². The molecule has 1 aromatic heterocycles. The molecule has 7 heteroatoms. The molecule has 2 bridgehead atoms. The van der Waals surface area contributed by atoms with Gasteiger partial charge < -0.3 is 5.32 Å². The fourth-order valence-corrected chi connectivity index (χ4v) is 3.85. The van der Waals surface area contributed by atoms with Crippen LogP contribution in [0.1, 0.15) is 18.7 Å². The van der Waals surface area contributed by atoms with Crippen molar-refractivity contribution in [2.45, 2.75) is 19.0 Å². The average Bonchev–Trinajstić information content (AvgIpc) is 2.77. The van der Waals surface area contributed by atoms with E-state index >= 15 is 0 Å². The molecule has 0 aromatic carbocycles. The molecule has 0 saturated carbocycles. The van der Waals surface area contributed by atoms with Crippen molar-refractivity contribution >= 4 is 15.9 Å². The lowest BCUT2D eigenvalue weighted by Crippen LogP contribution is -2.64. The molecule has 3 fully saturated rings. The van der Waals surface area contributed by atoms with Gasteiger partial charge in [-0.05, 0) is 22.5 Å². The average molecular weight is 329 g/mol. The maximum Gasteiger partial charge on any atom is 0.153 e. The van der Waals surface area contributed by atoms with Crippen molar-refractivity contribution in [3.63, 3.8) is 0 Å². The van der Waals surface area contributed by atoms with Gasteiger partial charge in [0.2, 0.25) is 0 Å². The molecular formula is C12H21BrN6. The lowest BCUT2D eigenvalue weighted by molar-refractivity contribution is -0.00471. The van der Waals surface area contributed by atoms with Crippen LogP contribution >= 0.6 is 15.9 Å². The minimum atomic E-state index is 0.280. The van der Waals surface area contributed by atoms with E-state index in [0.717, 1.165) is 23.4 Å². The first kappa shape index (κ1) is 13.5. The molecule has 0 aliphatic carbocycles. The van der Waals surface area contributed by atoms with E-state index in [0.29, 0.717) is 6.04 Å². The molecular weight excluding hydrogens is 308 g/mol. The minimum Gasteiger partial charge on any atom is -0.307 e. The molecule has 4 heterocycles. The number of aryl methyl sites for hydroxylation is 1. The number of likely N-dealkylation sites (N-methyl/N-ethyl adjacent to an activating group) is 1. The van der Waals surface area contributed by atoms with Crippen LogP contribution in [0.3, 0.4) is 0 Å². The number of aromatic nitrogens is 3. The summed E-state index contributed by atoms with van der Waals surface area (Å²) in [6.45, 7) is 9.01. The monoisotopic (exact) mass is 328 g/mol. The first-order valence-corrected chi connectivity index (χ1v) is 7.75. The van der Waals surface area contributed by atoms with E-state index in [-0.39, 0.29) is 6.04 Å². The van der Waals surface area contributed by atoms with Gasteiger partial charge in [0.05, 0.1) is 11.7 Å². The number of halogens is 1. The zero-order valence-electron chi connectivity index (χ0n) is 11.5. The van der Waals surface area contributed by atoms with Crippen molar-refractivity contribution in [1.29, 1.82) is 0 Å². The summed E-state index contributed by atoms with van der Waals surface area (Å²) in [7, 11) is 1.97. The summed E-state index contributed by atoms with van der Waals surface area (Å²) < 4.78 is 2.74. The van der Waals surface area contributed by atoms with Crippen LogP contribution < -0.4 is 5.32 Å². The van der Waals surface area contributed by atoms with Crippen LogP contribution in [0.5, 0.6) is 0 Å². The third-order valence-corrected chi connectivity index (χ3v) is 4.82. The zero-order chi connectivity index (χ0) is 13.4. The Morgan fingerprint density at radius 2 is 2.11 bits per heavy atom. The van der Waals surface area contributed by atoms with E-state index in [1.807, 2.05) is 11.7 Å². The molecule has 6 nitrogen and oxygen atoms in total. The number of nitrogens with zero attached hydrogens (tertiary/aromatic N) is 5. The Morgan fingerprint density at radius 3 is 2.58 bits per heavy atom. The molecule has 1 N–H and O–H groups in total. The maximum absolute atomic E-state index is 4.13. The minimum absolute atomic E-state index is 0.280. The lowest BCUT2D eigenvalue weighted by Gasteiger charge is -2.50. The van der Waals surface area contributed by atoms with E-state index in [1.165, 1.54) is 26.2 Å². The van der Waals surface area contributed by atoms with Gasteiger partial charge in [0.1, 0.15) is 0 Å². The van der Waals surface area contributed by atoms with Gasteiger partial charge >= 0.3 is 0 Å². The Balaban J connectivity index is 1.89. The predicted molar refractivity (Wildman–Crippen MR) is 76.9 cm³/mol. The highest BCUT2D eigenvalue weighted by atomic mass is 79.9. The van der Waals surface area contributed by atoms with Crippen molar-refractivity contribution in [3.05, 3.63) is 10.3 Å². The van der Waals surface area contributed by atoms with Crippen molar-refractivity contribution in [1.82, 2.24) is 30.1 Å². The molecule has 1 aromatic rings. The van der Waals surface area contributed by atoms with Gasteiger partial charge in [-0.15, -0.1) is 5.10 Å². The van der Waals surface area contributed by atoms with E-state index < -0.39 is 0 Å². The van der Waals surface area contributed by atoms with Crippen molar-refractivity contribution in [2.75, 3.05) is 39.3 Å². The van der Waals surface area contributed by atoms with E-state index in [1.54, 1.807) is 0 Å². The Kier molecular flexibility index (Phi) is 3.88. The summed E-state index contributed by atoms with van der Waals surface area (Å²) in [5.41, 5.74) is 1.15. The molecule has 0 amide bonds. The quantitative estimate of drug-likeness (QED) is 0.857. The lowest BCUT2D eigenvalue weighted by atomic mass is 9.97. The van der Waals surface area contributed by atoms with Crippen LogP contribution in [-0.2, 0) is 7.05 Å². The fourth-order valence-electron chi connectivity index (χ4n) is 3.28. The molecule has 0 radical (unpaired) electrons. The summed E-state index contributed by atoms with van der Waals surface area (Å²) in [6, 6.07) is 0.790. The first-order chi connectivity index (χ1) is 9.20. The first-order valence-electron chi connectivity index (χ1n) is 6.95. The summed E-state index contributed by atoms with van der Waals surface area (Å²) in [5.74, 6) is 0. The normalized spacial score (nSPS) is 31.6. The second-order valence-corrected chi connectivity index (χ2v) is 6.08. The van der Waals surface area contributed by atoms with Crippen LogP contribution in [0, 0.1) is 0 Å². The van der Waals surface area contributed by atoms with Crippen molar-refractivity contribution in [2.24, 2.45) is 7.05 Å². The van der Waals surface area contributed by atoms with E-state index in [4.69, 9.17) is 0 Å². The second kappa shape index (κ2) is 5.47. The topological polar surface area (TPSA) is 49.2 Å². The third kappa shape index (κ3) is 2.44. The molecule has 106 valence electrons. The Labute approximate surface area is 122 Å². The molecule has 2 unspecified atom stereocenters. The van der Waals surface area contributed by atoms with E-state index in [2.05, 4.69) is 48.3 Å². The molecule has 2 atom stereocenters. The fraction of sp³-hybridized carbons (Fsp3) is 0.833. The molecule has 3 saturated heterocycles. The molecule has 3 aliphatic rings. The van der Waals surface area contributed by atoms with Gasteiger partial charge in [-0.25, -0.2) is 4.68 Å². The van der Waals surface area contributed by atoms with Crippen LogP contribution in [-0.4, -0.2) is 70.1 Å². The SMILES string of the molecule is CCNC(c1c(Br)nnn1C)C1CN2CCN1CC2. The van der Waals surface area contributed by atoms with E-state index in [9.17, 15) is 0 Å². The number of rotatable bonds is 4. The molecule has 4 rings (SSSR count). The molecule has 19 heavy (non-hydrogen) atoms. The van der Waals surface area contributed by atoms with Gasteiger partial charge in [-0.1, -0.05) is 12.1 Å².